The van der Waals surface area contributed by atoms with E-state index in [0.717, 1.165) is 19.6 Å². The third-order valence-corrected chi connectivity index (χ3v) is 4.93. The van der Waals surface area contributed by atoms with Gasteiger partial charge in [-0.15, -0.1) is 0 Å². The third-order valence-electron chi connectivity index (χ3n) is 4.93. The van der Waals surface area contributed by atoms with Crippen molar-refractivity contribution in [2.45, 2.75) is 45.1 Å². The van der Waals surface area contributed by atoms with Gasteiger partial charge in [-0.3, -0.25) is 4.90 Å². The number of methoxy groups -OCH3 is 1. The molecule has 1 aliphatic carbocycles. The van der Waals surface area contributed by atoms with Crippen LogP contribution in [0.2, 0.25) is 0 Å². The summed E-state index contributed by atoms with van der Waals surface area (Å²) in [4.78, 5) is 2.34. The van der Waals surface area contributed by atoms with Gasteiger partial charge in [0.25, 0.3) is 0 Å². The van der Waals surface area contributed by atoms with Crippen molar-refractivity contribution >= 4 is 0 Å². The van der Waals surface area contributed by atoms with Crippen LogP contribution in [0.3, 0.4) is 0 Å². The van der Waals surface area contributed by atoms with E-state index < -0.39 is 5.60 Å². The first-order valence-electron chi connectivity index (χ1n) is 8.59. The summed E-state index contributed by atoms with van der Waals surface area (Å²) in [7, 11) is 1.82. The van der Waals surface area contributed by atoms with Gasteiger partial charge in [-0.25, -0.2) is 0 Å². The van der Waals surface area contributed by atoms with Crippen molar-refractivity contribution < 1.29 is 4.74 Å². The second kappa shape index (κ2) is 8.36. The molecular weight excluding hydrogens is 270 g/mol. The van der Waals surface area contributed by atoms with Crippen molar-refractivity contribution in [3.63, 3.8) is 0 Å². The summed E-state index contributed by atoms with van der Waals surface area (Å²) in [6, 6.07) is 10.6. The van der Waals surface area contributed by atoms with E-state index >= 15 is 0 Å². The Balaban J connectivity index is 2.30. The van der Waals surface area contributed by atoms with Crippen LogP contribution in [0.15, 0.2) is 30.3 Å². The third kappa shape index (κ3) is 3.72. The van der Waals surface area contributed by atoms with Gasteiger partial charge in [0.15, 0.2) is 5.60 Å². The number of benzene rings is 1. The second-order valence-corrected chi connectivity index (χ2v) is 6.05. The fourth-order valence-electron chi connectivity index (χ4n) is 3.49. The monoisotopic (exact) mass is 299 g/mol. The van der Waals surface area contributed by atoms with Crippen molar-refractivity contribution in [2.24, 2.45) is 5.92 Å². The van der Waals surface area contributed by atoms with Gasteiger partial charge in [0.1, 0.15) is 0 Å². The highest BCUT2D eigenvalue weighted by atomic mass is 16.5. The van der Waals surface area contributed by atoms with Gasteiger partial charge in [-0.1, -0.05) is 68.9 Å². The normalized spacial score (nSPS) is 18.0. The van der Waals surface area contributed by atoms with Gasteiger partial charge in [0.2, 0.25) is 0 Å². The van der Waals surface area contributed by atoms with Gasteiger partial charge in [-0.05, 0) is 31.5 Å². The first-order chi connectivity index (χ1) is 10.8. The van der Waals surface area contributed by atoms with Gasteiger partial charge in [0.05, 0.1) is 6.54 Å². The molecule has 2 heteroatoms. The van der Waals surface area contributed by atoms with E-state index in [-0.39, 0.29) is 0 Å². The standard InChI is InChI=1S/C20H29NO/c1-4-21(5-2)17-11-16-20(22-3,19-14-9-10-15-19)18-12-7-6-8-13-18/h6-8,12-13,19H,4-5,9-10,14-15,17H2,1-3H3/t20-/m1/s1. The smallest absolute Gasteiger partial charge is 0.156 e. The van der Waals surface area contributed by atoms with E-state index in [4.69, 9.17) is 4.74 Å². The molecule has 0 amide bonds. The van der Waals surface area contributed by atoms with Crippen molar-refractivity contribution in [1.29, 1.82) is 0 Å². The number of nitrogens with zero attached hydrogens (tertiary/aromatic N) is 1. The highest BCUT2D eigenvalue weighted by Gasteiger charge is 2.40. The predicted molar refractivity (Wildman–Crippen MR) is 92.7 cm³/mol. The Morgan fingerprint density at radius 1 is 1.14 bits per heavy atom. The average molecular weight is 299 g/mol. The molecule has 1 aromatic rings. The fourth-order valence-corrected chi connectivity index (χ4v) is 3.49. The SMILES string of the molecule is CCN(CC)CC#C[C@@](OC)(c1ccccc1)C1CCCC1. The minimum absolute atomic E-state index is 0.440. The molecule has 0 radical (unpaired) electrons. The van der Waals surface area contributed by atoms with Crippen LogP contribution < -0.4 is 0 Å². The Bertz CT molecular complexity index is 491. The number of ether oxygens (including phenoxy) is 1. The van der Waals surface area contributed by atoms with Crippen molar-refractivity contribution in [1.82, 2.24) is 4.90 Å². The first kappa shape index (κ1) is 17.1. The van der Waals surface area contributed by atoms with E-state index in [1.54, 1.807) is 0 Å². The van der Waals surface area contributed by atoms with E-state index in [1.807, 2.05) is 7.11 Å². The maximum atomic E-state index is 6.06. The van der Waals surface area contributed by atoms with Crippen LogP contribution in [0.25, 0.3) is 0 Å². The molecule has 22 heavy (non-hydrogen) atoms. The van der Waals surface area contributed by atoms with Gasteiger partial charge < -0.3 is 4.74 Å². The average Bonchev–Trinajstić information content (AvgIpc) is 3.11. The molecule has 1 aliphatic rings. The molecule has 0 spiro atoms. The van der Waals surface area contributed by atoms with Crippen LogP contribution in [0.1, 0.15) is 45.1 Å². The van der Waals surface area contributed by atoms with Crippen LogP contribution in [0.5, 0.6) is 0 Å². The largest absolute Gasteiger partial charge is 0.361 e. The minimum atomic E-state index is -0.440. The Morgan fingerprint density at radius 3 is 2.32 bits per heavy atom. The zero-order valence-corrected chi connectivity index (χ0v) is 14.3. The van der Waals surface area contributed by atoms with Gasteiger partial charge in [0, 0.05) is 13.0 Å². The second-order valence-electron chi connectivity index (χ2n) is 6.05. The van der Waals surface area contributed by atoms with Crippen molar-refractivity contribution in [3.8, 4) is 11.8 Å². The van der Waals surface area contributed by atoms with Crippen LogP contribution in [-0.2, 0) is 10.3 Å². The number of rotatable bonds is 6. The zero-order valence-electron chi connectivity index (χ0n) is 14.3. The number of hydrogen-bond donors (Lipinski definition) is 0. The van der Waals surface area contributed by atoms with Gasteiger partial charge >= 0.3 is 0 Å². The zero-order chi connectivity index (χ0) is 15.8. The highest BCUT2D eigenvalue weighted by Crippen LogP contribution is 2.42. The van der Waals surface area contributed by atoms with E-state index in [9.17, 15) is 0 Å². The Kier molecular flexibility index (Phi) is 6.49. The predicted octanol–water partition coefficient (Wildman–Crippen LogP) is 4.06. The molecule has 0 aromatic heterocycles. The molecule has 1 fully saturated rings. The molecule has 0 bridgehead atoms. The van der Waals surface area contributed by atoms with Crippen molar-refractivity contribution in [2.75, 3.05) is 26.7 Å². The molecule has 0 heterocycles. The molecule has 120 valence electrons. The topological polar surface area (TPSA) is 12.5 Å². The van der Waals surface area contributed by atoms with Gasteiger partial charge in [-0.2, -0.15) is 0 Å². The molecule has 1 saturated carbocycles. The lowest BCUT2D eigenvalue weighted by atomic mass is 9.80. The van der Waals surface area contributed by atoms with Crippen LogP contribution >= 0.6 is 0 Å². The molecule has 0 aliphatic heterocycles. The van der Waals surface area contributed by atoms with Crippen LogP contribution in [0, 0.1) is 17.8 Å². The first-order valence-corrected chi connectivity index (χ1v) is 8.59. The van der Waals surface area contributed by atoms with Crippen LogP contribution in [-0.4, -0.2) is 31.6 Å². The maximum Gasteiger partial charge on any atom is 0.156 e. The maximum absolute atomic E-state index is 6.06. The lowest BCUT2D eigenvalue weighted by Crippen LogP contribution is -2.35. The van der Waals surface area contributed by atoms with E-state index in [2.05, 4.69) is 60.9 Å². The molecule has 1 atom stereocenters. The molecule has 0 N–H and O–H groups in total. The number of hydrogen-bond acceptors (Lipinski definition) is 2. The molecule has 1 aromatic carbocycles. The van der Waals surface area contributed by atoms with Crippen molar-refractivity contribution in [3.05, 3.63) is 35.9 Å². The van der Waals surface area contributed by atoms with E-state index in [0.29, 0.717) is 5.92 Å². The summed E-state index contributed by atoms with van der Waals surface area (Å²) >= 11 is 0. The van der Waals surface area contributed by atoms with E-state index in [1.165, 1.54) is 31.2 Å². The molecule has 2 nitrogen and oxygen atoms in total. The molecule has 0 saturated heterocycles. The Hall–Kier alpha value is -1.30. The highest BCUT2D eigenvalue weighted by molar-refractivity contribution is 5.34. The molecule has 2 rings (SSSR count). The summed E-state index contributed by atoms with van der Waals surface area (Å²) in [6.45, 7) is 7.27. The Labute approximate surface area is 135 Å². The molecule has 0 unspecified atom stereocenters. The fraction of sp³-hybridized carbons (Fsp3) is 0.600. The summed E-state index contributed by atoms with van der Waals surface area (Å²) < 4.78 is 6.06. The Morgan fingerprint density at radius 2 is 1.77 bits per heavy atom. The lowest BCUT2D eigenvalue weighted by molar-refractivity contribution is -0.0120. The summed E-state index contributed by atoms with van der Waals surface area (Å²) in [5.41, 5.74) is 0.765. The quantitative estimate of drug-likeness (QED) is 0.734. The van der Waals surface area contributed by atoms with Crippen LogP contribution in [0.4, 0.5) is 0 Å². The summed E-state index contributed by atoms with van der Waals surface area (Å²) in [5, 5.41) is 0. The summed E-state index contributed by atoms with van der Waals surface area (Å²) in [6.07, 6.45) is 5.01. The summed E-state index contributed by atoms with van der Waals surface area (Å²) in [5.74, 6) is 7.44. The minimum Gasteiger partial charge on any atom is -0.361 e. The molecular formula is C20H29NO. The lowest BCUT2D eigenvalue weighted by Gasteiger charge is -2.34.